The van der Waals surface area contributed by atoms with E-state index in [-0.39, 0.29) is 56.7 Å². The Morgan fingerprint density at radius 2 is 1.15 bits per heavy atom. The molecule has 13 rings (SSSR count). The van der Waals surface area contributed by atoms with Gasteiger partial charge in [0.05, 0.1) is 10.0 Å². The number of likely N-dealkylation sites (N-methyl/N-ethyl adjacent to an activating group) is 1. The van der Waals surface area contributed by atoms with Crippen molar-refractivity contribution >= 4 is 64.6 Å². The fourth-order valence-corrected chi connectivity index (χ4v) is 10.9. The van der Waals surface area contributed by atoms with Crippen LogP contribution in [0.5, 0.6) is 69.0 Å². The van der Waals surface area contributed by atoms with Gasteiger partial charge >= 0.3 is 5.97 Å². The number of aliphatic hydroxyl groups excluding tert-OH is 1. The van der Waals surface area contributed by atoms with E-state index in [0.717, 1.165) is 60.7 Å². The molecule has 7 aromatic rings. The fraction of sp³-hybridized carbons (Fsp3) is 0.169. The van der Waals surface area contributed by atoms with Crippen LogP contribution in [0.3, 0.4) is 0 Å². The minimum absolute atomic E-state index is 0.0430. The van der Waals surface area contributed by atoms with Crippen LogP contribution in [-0.2, 0) is 40.0 Å². The van der Waals surface area contributed by atoms with Gasteiger partial charge in [-0.05, 0) is 108 Å². The van der Waals surface area contributed by atoms with E-state index in [1.807, 2.05) is 0 Å². The molecule has 0 aliphatic carbocycles. The maximum atomic E-state index is 15.7. The summed E-state index contributed by atoms with van der Waals surface area (Å²) < 4.78 is 18.5. The quantitative estimate of drug-likeness (QED) is 0.105. The van der Waals surface area contributed by atoms with E-state index in [1.54, 1.807) is 0 Å². The van der Waals surface area contributed by atoms with E-state index >= 15 is 14.4 Å². The number of aliphatic hydroxyl groups is 1. The summed E-state index contributed by atoms with van der Waals surface area (Å²) in [7, 11) is 1.46. The number of hydrogen-bond donors (Lipinski definition) is 15. The number of carboxylic acid groups (broad SMARTS) is 1. The summed E-state index contributed by atoms with van der Waals surface area (Å²) in [6.07, 6.45) is -2.38. The highest BCUT2D eigenvalue weighted by Crippen LogP contribution is 2.48. The van der Waals surface area contributed by atoms with Crippen molar-refractivity contribution in [2.75, 3.05) is 7.05 Å². The molecule has 0 spiro atoms. The first-order valence-electron chi connectivity index (χ1n) is 26.0. The number of phenolic OH excluding ortho intramolecular Hbond substituents is 6. The molecule has 6 heterocycles. The smallest absolute Gasteiger partial charge is 0.330 e. The fourth-order valence-electron chi connectivity index (χ4n) is 10.5. The molecule has 27 heteroatoms. The number of ether oxygens (including phenoxy) is 3. The van der Waals surface area contributed by atoms with Crippen LogP contribution in [0.25, 0.3) is 11.1 Å². The number of aliphatic carboxylic acids is 1. The highest BCUT2D eigenvalue weighted by Gasteiger charge is 2.41. The Kier molecular flexibility index (Phi) is 15.1. The average Bonchev–Trinajstić information content (AvgIpc) is 2.35. The minimum atomic E-state index is -2.19. The maximum Gasteiger partial charge on any atom is 0.330 e. The van der Waals surface area contributed by atoms with Crippen molar-refractivity contribution in [3.05, 3.63) is 164 Å². The molecule has 2 unspecified atom stereocenters. The normalized spacial score (nSPS) is 21.9. The molecule has 6 aliphatic rings. The molecule has 6 aliphatic heterocycles. The van der Waals surface area contributed by atoms with E-state index in [4.69, 9.17) is 37.4 Å². The zero-order valence-corrected chi connectivity index (χ0v) is 45.7. The first-order valence-corrected chi connectivity index (χ1v) is 26.7. The Hall–Kier alpha value is -10.5. The van der Waals surface area contributed by atoms with E-state index in [2.05, 4.69) is 37.2 Å². The largest absolute Gasteiger partial charge is 0.508 e. The van der Waals surface area contributed by atoms with Gasteiger partial charge in [0, 0.05) is 40.8 Å². The molecule has 25 nitrogen and oxygen atoms in total. The Labute approximate surface area is 494 Å². The number of amides is 6. The Bertz CT molecular complexity index is 4040. The van der Waals surface area contributed by atoms with Gasteiger partial charge in [-0.1, -0.05) is 53.5 Å². The first kappa shape index (κ1) is 57.4. The van der Waals surface area contributed by atoms with Gasteiger partial charge in [0.25, 0.3) is 0 Å². The molecule has 6 amide bonds. The summed E-state index contributed by atoms with van der Waals surface area (Å²) in [4.78, 5) is 103. The number of fused-ring (bicyclic) bond motifs is 14. The third-order valence-electron chi connectivity index (χ3n) is 14.7. The van der Waals surface area contributed by atoms with Crippen LogP contribution in [0.2, 0.25) is 10.0 Å². The number of benzene rings is 7. The van der Waals surface area contributed by atoms with Crippen LogP contribution in [0.15, 0.2) is 115 Å². The molecule has 86 heavy (non-hydrogen) atoms. The number of carboxylic acids is 1. The van der Waals surface area contributed by atoms with E-state index in [9.17, 15) is 60.0 Å². The number of halogens is 2. The average molecular weight is 1210 g/mol. The van der Waals surface area contributed by atoms with Crippen molar-refractivity contribution in [2.24, 2.45) is 0 Å². The van der Waals surface area contributed by atoms with E-state index in [1.165, 1.54) is 61.6 Å². The lowest BCUT2D eigenvalue weighted by atomic mass is 9.89. The molecular formula is C59H47Cl2N7O18. The number of hydrogen-bond acceptors (Lipinski definition) is 18. The summed E-state index contributed by atoms with van der Waals surface area (Å²) in [5, 5.41) is 108. The zero-order valence-electron chi connectivity index (χ0n) is 44.2. The van der Waals surface area contributed by atoms with Gasteiger partial charge in [-0.2, -0.15) is 0 Å². The molecule has 440 valence electrons. The number of rotatable bonds is 2. The predicted octanol–water partition coefficient (Wildman–Crippen LogP) is 5.25. The van der Waals surface area contributed by atoms with Crippen molar-refractivity contribution in [3.63, 3.8) is 0 Å². The second-order valence-electron chi connectivity index (χ2n) is 20.3. The minimum Gasteiger partial charge on any atom is -0.508 e. The second kappa shape index (κ2) is 22.6. The Morgan fingerprint density at radius 1 is 0.523 bits per heavy atom. The van der Waals surface area contributed by atoms with Crippen LogP contribution >= 0.6 is 23.2 Å². The zero-order chi connectivity index (χ0) is 61.2. The lowest BCUT2D eigenvalue weighted by Gasteiger charge is -2.31. The van der Waals surface area contributed by atoms with Gasteiger partial charge in [0.1, 0.15) is 82.6 Å². The monoisotopic (exact) mass is 1210 g/mol. The molecular weight excluding hydrogens is 1170 g/mol. The summed E-state index contributed by atoms with van der Waals surface area (Å²) in [5.41, 5.74) is -1.87. The van der Waals surface area contributed by atoms with Crippen molar-refractivity contribution in [2.45, 2.75) is 54.8 Å². The molecule has 0 aromatic heterocycles. The van der Waals surface area contributed by atoms with Gasteiger partial charge in [-0.25, -0.2) is 4.79 Å². The Morgan fingerprint density at radius 3 is 1.86 bits per heavy atom. The van der Waals surface area contributed by atoms with Gasteiger partial charge in [-0.15, -0.1) is 0 Å². The number of nitrogens with one attached hydrogen (secondary N) is 7. The van der Waals surface area contributed by atoms with Crippen molar-refractivity contribution in [3.8, 4) is 80.1 Å². The molecule has 17 bridgehead atoms. The highest BCUT2D eigenvalue weighted by atomic mass is 35.5. The van der Waals surface area contributed by atoms with E-state index in [0.29, 0.717) is 5.56 Å². The van der Waals surface area contributed by atoms with Crippen LogP contribution in [0.1, 0.15) is 75.3 Å². The van der Waals surface area contributed by atoms with Crippen molar-refractivity contribution < 1.29 is 88.6 Å². The summed E-state index contributed by atoms with van der Waals surface area (Å²) >= 11 is 13.6. The molecule has 15 N–H and O–H groups in total. The molecule has 8 atom stereocenters. The predicted molar refractivity (Wildman–Crippen MR) is 300 cm³/mol. The molecule has 0 saturated carbocycles. The molecule has 0 radical (unpaired) electrons. The highest BCUT2D eigenvalue weighted by molar-refractivity contribution is 6.33. The third kappa shape index (κ3) is 10.9. The number of carbonyl (C=O) groups excluding carboxylic acids is 6. The van der Waals surface area contributed by atoms with Gasteiger partial charge < -0.3 is 92.3 Å². The third-order valence-corrected chi connectivity index (χ3v) is 15.4. The van der Waals surface area contributed by atoms with Crippen molar-refractivity contribution in [1.29, 1.82) is 0 Å². The lowest BCUT2D eigenvalue weighted by Crippen LogP contribution is -2.55. The second-order valence-corrected chi connectivity index (χ2v) is 21.1. The van der Waals surface area contributed by atoms with Crippen LogP contribution in [-0.4, -0.2) is 101 Å². The van der Waals surface area contributed by atoms with Gasteiger partial charge in [0.15, 0.2) is 29.0 Å². The SMILES string of the molecule is CN[C@@H]1C(=O)N[C@@H]2Cc3ccc(cc3)Oc3cc4cc(c3O)Oc3ccc(cc3Cl)[C@@H](O)[C@@H]3NC(=O)[C@H](NC(=O)[C@@H]4NC(=O)C(NC2=O)c2cc(cc(O)c2Cl)Oc2cc1ccc2O)c1ccc(O)c(c1)-c1c(O)cc(O)cc1C(C(=O)O)NC3=O. The van der Waals surface area contributed by atoms with E-state index < -0.39 is 163 Å². The summed E-state index contributed by atoms with van der Waals surface area (Å²) in [5.74, 6) is -14.6. The molecule has 0 fully saturated rings. The summed E-state index contributed by atoms with van der Waals surface area (Å²) in [6, 6.07) is 9.35. The first-order chi connectivity index (χ1) is 41.0. The van der Waals surface area contributed by atoms with Crippen molar-refractivity contribution in [1.82, 2.24) is 37.2 Å². The topological polar surface area (TPSA) is 393 Å². The molecule has 7 aromatic carbocycles. The van der Waals surface area contributed by atoms with Crippen LogP contribution in [0.4, 0.5) is 0 Å². The maximum absolute atomic E-state index is 15.7. The standard InChI is InChI=1S/C59H47Cl2N7O18/c1-62-45-24-5-10-36(71)40(15-24)85-29-20-32(44(61)38(73)21-29)48-57(80)65-47-26-16-41(84-28-7-2-22(3-8-28)12-34(53(76)66-48)63-54(45)77)52(75)42(17-26)86-39-11-6-25(14-33(39)60)51(74)50-58(81)67-49(59(82)83)31-18-27(69)19-37(72)43(31)30-13-23(4-9-35(30)70)46(55(78)68-50)64-56(47)79/h2-11,13-21,34,45-51,62,69-75H,12H2,1H3,(H,63,77)(H,64,79)(H,65,80)(H,66,76)(H,67,81)(H,68,78)(H,82,83)/t34-,45+,46-,47-,48?,49?,50+,51-/m1/s1. The summed E-state index contributed by atoms with van der Waals surface area (Å²) in [6.45, 7) is 0. The van der Waals surface area contributed by atoms with Crippen LogP contribution in [0, 0.1) is 0 Å². The van der Waals surface area contributed by atoms with Gasteiger partial charge in [-0.3, -0.25) is 28.8 Å². The number of phenols is 6. The lowest BCUT2D eigenvalue weighted by molar-refractivity contribution is -0.143. The number of aromatic hydroxyl groups is 6. The van der Waals surface area contributed by atoms with Gasteiger partial charge in [0.2, 0.25) is 41.2 Å². The molecule has 0 saturated heterocycles. The number of carbonyl (C=O) groups is 7. The van der Waals surface area contributed by atoms with Crippen LogP contribution < -0.4 is 51.4 Å². The Balaban J connectivity index is 1.14.